The minimum atomic E-state index is -0.403. The predicted octanol–water partition coefficient (Wildman–Crippen LogP) is 2.17. The second kappa shape index (κ2) is 8.32. The zero-order valence-electron chi connectivity index (χ0n) is 14.6. The lowest BCUT2D eigenvalue weighted by Crippen LogP contribution is -2.46. The predicted molar refractivity (Wildman–Crippen MR) is 99.4 cm³/mol. The van der Waals surface area contributed by atoms with Gasteiger partial charge < -0.3 is 9.64 Å². The Labute approximate surface area is 152 Å². The molecule has 0 N–H and O–H groups in total. The van der Waals surface area contributed by atoms with Crippen LogP contribution in [0, 0.1) is 22.0 Å². The van der Waals surface area contributed by atoms with Crippen molar-refractivity contribution in [2.24, 2.45) is 0 Å². The molecule has 1 aliphatic rings. The lowest BCUT2D eigenvalue weighted by molar-refractivity contribution is -0.384. The van der Waals surface area contributed by atoms with Crippen molar-refractivity contribution in [3.63, 3.8) is 0 Å². The van der Waals surface area contributed by atoms with E-state index in [9.17, 15) is 10.1 Å². The van der Waals surface area contributed by atoms with Crippen molar-refractivity contribution in [1.29, 1.82) is 0 Å². The average Bonchev–Trinajstić information content (AvgIpc) is 2.69. The van der Waals surface area contributed by atoms with E-state index in [1.54, 1.807) is 0 Å². The van der Waals surface area contributed by atoms with Crippen LogP contribution in [-0.2, 0) is 0 Å². The van der Waals surface area contributed by atoms with Gasteiger partial charge in [0.15, 0.2) is 0 Å². The van der Waals surface area contributed by atoms with Crippen molar-refractivity contribution >= 4 is 11.5 Å². The number of pyridine rings is 1. The van der Waals surface area contributed by atoms with Gasteiger partial charge in [-0.2, -0.15) is 4.98 Å². The Balaban J connectivity index is 1.62. The van der Waals surface area contributed by atoms with Gasteiger partial charge in [-0.3, -0.25) is 15.0 Å². The molecule has 134 valence electrons. The lowest BCUT2D eigenvalue weighted by atomic mass is 10.2. The molecule has 26 heavy (non-hydrogen) atoms. The fourth-order valence-electron chi connectivity index (χ4n) is 2.81. The largest absolute Gasteiger partial charge is 0.481 e. The third kappa shape index (κ3) is 4.29. The van der Waals surface area contributed by atoms with E-state index >= 15 is 0 Å². The van der Waals surface area contributed by atoms with Crippen molar-refractivity contribution in [2.75, 3.05) is 44.7 Å². The third-order valence-corrected chi connectivity index (χ3v) is 4.22. The van der Waals surface area contributed by atoms with Crippen molar-refractivity contribution in [1.82, 2.24) is 9.88 Å². The number of benzene rings is 1. The Hall–Kier alpha value is -3.11. The van der Waals surface area contributed by atoms with Crippen molar-refractivity contribution < 1.29 is 9.66 Å². The molecule has 1 aliphatic heterocycles. The van der Waals surface area contributed by atoms with Crippen LogP contribution in [0.5, 0.6) is 5.88 Å². The highest BCUT2D eigenvalue weighted by atomic mass is 16.6. The van der Waals surface area contributed by atoms with E-state index in [-0.39, 0.29) is 5.69 Å². The summed E-state index contributed by atoms with van der Waals surface area (Å²) in [6.45, 7) is 3.55. The average molecular weight is 352 g/mol. The first-order chi connectivity index (χ1) is 12.7. The van der Waals surface area contributed by atoms with Crippen molar-refractivity contribution in [2.45, 2.75) is 0 Å². The standard InChI is InChI=1S/C19H20N4O3/c1-26-18-10-9-17(23(24)25)19(20-18)22-14-12-21(13-15-22)11-5-8-16-6-3-2-4-7-16/h2-4,6-7,9-10H,11-15H2,1H3. The van der Waals surface area contributed by atoms with E-state index in [1.165, 1.54) is 19.2 Å². The third-order valence-electron chi connectivity index (χ3n) is 4.22. The molecule has 0 saturated carbocycles. The van der Waals surface area contributed by atoms with Crippen LogP contribution < -0.4 is 9.64 Å². The van der Waals surface area contributed by atoms with E-state index in [1.807, 2.05) is 35.2 Å². The summed E-state index contributed by atoms with van der Waals surface area (Å²) < 4.78 is 5.11. The quantitative estimate of drug-likeness (QED) is 0.477. The minimum Gasteiger partial charge on any atom is -0.481 e. The molecule has 0 bridgehead atoms. The van der Waals surface area contributed by atoms with Gasteiger partial charge in [-0.1, -0.05) is 30.0 Å². The van der Waals surface area contributed by atoms with Crippen molar-refractivity contribution in [3.05, 3.63) is 58.1 Å². The SMILES string of the molecule is COc1ccc([N+](=O)[O-])c(N2CCN(CC#Cc3ccccc3)CC2)n1. The number of piperazine rings is 1. The second-order valence-electron chi connectivity index (χ2n) is 5.88. The second-order valence-corrected chi connectivity index (χ2v) is 5.88. The number of hydrogen-bond acceptors (Lipinski definition) is 6. The molecule has 1 saturated heterocycles. The Morgan fingerprint density at radius 3 is 2.54 bits per heavy atom. The molecule has 0 amide bonds. The molecule has 0 radical (unpaired) electrons. The number of anilines is 1. The van der Waals surface area contributed by atoms with Crippen LogP contribution in [0.1, 0.15) is 5.56 Å². The highest BCUT2D eigenvalue weighted by Crippen LogP contribution is 2.29. The first kappa shape index (κ1) is 17.7. The monoisotopic (exact) mass is 352 g/mol. The van der Waals surface area contributed by atoms with E-state index in [2.05, 4.69) is 21.7 Å². The zero-order valence-corrected chi connectivity index (χ0v) is 14.6. The van der Waals surface area contributed by atoms with Gasteiger partial charge in [0.25, 0.3) is 0 Å². The summed E-state index contributed by atoms with van der Waals surface area (Å²) in [5.41, 5.74) is 1.01. The van der Waals surface area contributed by atoms with E-state index in [0.29, 0.717) is 31.3 Å². The summed E-state index contributed by atoms with van der Waals surface area (Å²) in [6, 6.07) is 12.8. The Morgan fingerprint density at radius 2 is 1.88 bits per heavy atom. The number of nitro groups is 1. The summed E-state index contributed by atoms with van der Waals surface area (Å²) in [5.74, 6) is 7.08. The van der Waals surface area contributed by atoms with Gasteiger partial charge >= 0.3 is 5.69 Å². The number of nitrogens with zero attached hydrogens (tertiary/aromatic N) is 4. The maximum absolute atomic E-state index is 11.3. The Bertz CT molecular complexity index is 822. The maximum Gasteiger partial charge on any atom is 0.311 e. The highest BCUT2D eigenvalue weighted by Gasteiger charge is 2.25. The maximum atomic E-state index is 11.3. The van der Waals surface area contributed by atoms with Gasteiger partial charge in [-0.25, -0.2) is 0 Å². The molecule has 0 spiro atoms. The summed E-state index contributed by atoms with van der Waals surface area (Å²) >= 11 is 0. The van der Waals surface area contributed by atoms with Crippen LogP contribution >= 0.6 is 0 Å². The van der Waals surface area contributed by atoms with Gasteiger partial charge in [-0.05, 0) is 12.1 Å². The highest BCUT2D eigenvalue weighted by molar-refractivity contribution is 5.59. The van der Waals surface area contributed by atoms with Crippen LogP contribution in [0.25, 0.3) is 0 Å². The summed E-state index contributed by atoms with van der Waals surface area (Å²) in [4.78, 5) is 19.3. The van der Waals surface area contributed by atoms with Gasteiger partial charge in [0, 0.05) is 43.9 Å². The molecule has 7 heteroatoms. The molecule has 0 atom stereocenters. The van der Waals surface area contributed by atoms with E-state index < -0.39 is 4.92 Å². The summed E-state index contributed by atoms with van der Waals surface area (Å²) in [7, 11) is 1.50. The summed E-state index contributed by atoms with van der Waals surface area (Å²) in [5, 5.41) is 11.3. The smallest absolute Gasteiger partial charge is 0.311 e. The number of methoxy groups -OCH3 is 1. The molecule has 3 rings (SSSR count). The molecule has 0 unspecified atom stereocenters. The lowest BCUT2D eigenvalue weighted by Gasteiger charge is -2.34. The number of aromatic nitrogens is 1. The Morgan fingerprint density at radius 1 is 1.15 bits per heavy atom. The number of ether oxygens (including phenoxy) is 1. The molecule has 1 aromatic heterocycles. The van der Waals surface area contributed by atoms with Crippen LogP contribution in [-0.4, -0.2) is 54.6 Å². The van der Waals surface area contributed by atoms with Crippen LogP contribution in [0.4, 0.5) is 11.5 Å². The topological polar surface area (TPSA) is 71.7 Å². The molecule has 7 nitrogen and oxygen atoms in total. The molecular weight excluding hydrogens is 332 g/mol. The van der Waals surface area contributed by atoms with Gasteiger partial charge in [0.05, 0.1) is 18.6 Å². The van der Waals surface area contributed by atoms with E-state index in [0.717, 1.165) is 18.7 Å². The van der Waals surface area contributed by atoms with Crippen LogP contribution in [0.2, 0.25) is 0 Å². The molecule has 1 aromatic carbocycles. The first-order valence-corrected chi connectivity index (χ1v) is 8.38. The molecular formula is C19H20N4O3. The first-order valence-electron chi connectivity index (χ1n) is 8.38. The van der Waals surface area contributed by atoms with Crippen molar-refractivity contribution in [3.8, 4) is 17.7 Å². The fraction of sp³-hybridized carbons (Fsp3) is 0.316. The zero-order chi connectivity index (χ0) is 18.4. The molecule has 0 aliphatic carbocycles. The molecule has 1 fully saturated rings. The number of rotatable bonds is 4. The van der Waals surface area contributed by atoms with E-state index in [4.69, 9.17) is 4.74 Å². The van der Waals surface area contributed by atoms with Gasteiger partial charge in [0.1, 0.15) is 0 Å². The molecule has 2 heterocycles. The normalized spacial score (nSPS) is 14.4. The summed E-state index contributed by atoms with van der Waals surface area (Å²) in [6.07, 6.45) is 0. The number of hydrogen-bond donors (Lipinski definition) is 0. The van der Waals surface area contributed by atoms with Gasteiger partial charge in [-0.15, -0.1) is 0 Å². The van der Waals surface area contributed by atoms with Crippen LogP contribution in [0.15, 0.2) is 42.5 Å². The van der Waals surface area contributed by atoms with Gasteiger partial charge in [0.2, 0.25) is 11.7 Å². The Kier molecular flexibility index (Phi) is 5.66. The molecule has 2 aromatic rings. The van der Waals surface area contributed by atoms with Crippen LogP contribution in [0.3, 0.4) is 0 Å². The fourth-order valence-corrected chi connectivity index (χ4v) is 2.81. The minimum absolute atomic E-state index is 0.00289.